The van der Waals surface area contributed by atoms with Crippen molar-refractivity contribution in [2.75, 3.05) is 28.4 Å². The zero-order valence-corrected chi connectivity index (χ0v) is 74.8. The normalized spacial score (nSPS) is 14.0. The summed E-state index contributed by atoms with van der Waals surface area (Å²) in [5.74, 6) is -3.00. The third kappa shape index (κ3) is 21.2. The molecule has 20 rings (SSSR count). The molecule has 0 unspecified atom stereocenters. The standard InChI is InChI=1S/C29H31N3O2.C28H28FN3O3.2C25H20F3N3O2/c1-3-21-8-7-9-23(18-21)31-29(33)26-17-16-25(34-26)28-27(22-14-12-20(2)13-15-22)30-19-32(28)24-10-5-4-6-11-24;1-3-18-8-13-23(34-2)22(16-18)31-28(33)25-15-14-24(35-25)27-26(19-9-11-20(29)12-10-19)30-17-32(27)21-6-4-5-7-21;26-16-7-5-15(6-8-16)23-24(31(14-29-23)18-3-1-2-4-18)21-11-12-22(33-21)25(32)30-20-10-9-17(27)13-19(20)28;26-16-7-5-15(6-8-16)23-24(31(14-29-23)18-3-1-2-4-18)21-11-12-22(33-21)25(32)30-20-13-17(27)9-10-19(20)28/h7-9,12-19,24H,3-6,10-11H2,1-2H3,(H,31,33);8-17,21H,3-7H2,1-2H3,(H,31,33);2*5-14,18H,1-4H2,(H,30,32). The Kier molecular flexibility index (Phi) is 28.4. The van der Waals surface area contributed by atoms with Crippen LogP contribution in [0.4, 0.5) is 53.5 Å². The first-order valence-corrected chi connectivity index (χ1v) is 45.6. The maximum absolute atomic E-state index is 13.9. The van der Waals surface area contributed by atoms with Gasteiger partial charge in [0.1, 0.15) is 69.2 Å². The number of carbonyl (C=O) groups is 4. The molecule has 0 atom stereocenters. The highest BCUT2D eigenvalue weighted by atomic mass is 19.2. The average Bonchev–Trinajstić information content (AvgIpc) is 1.64. The molecule has 21 nitrogen and oxygen atoms in total. The minimum absolute atomic E-state index is 0.0297. The van der Waals surface area contributed by atoms with Crippen molar-refractivity contribution >= 4 is 46.4 Å². The van der Waals surface area contributed by atoms with Crippen LogP contribution in [0.1, 0.15) is 206 Å². The van der Waals surface area contributed by atoms with E-state index in [1.807, 2.05) is 64.3 Å². The highest BCUT2D eigenvalue weighted by Crippen LogP contribution is 2.45. The molecule has 4 saturated carbocycles. The van der Waals surface area contributed by atoms with Crippen LogP contribution in [-0.4, -0.2) is 68.9 Å². The number of rotatable bonds is 23. The molecule has 0 aliphatic heterocycles. The van der Waals surface area contributed by atoms with Crippen LogP contribution >= 0.6 is 0 Å². The number of methoxy groups -OCH3 is 1. The van der Waals surface area contributed by atoms with Gasteiger partial charge in [0, 0.05) is 64.2 Å². The molecule has 0 spiro atoms. The van der Waals surface area contributed by atoms with E-state index in [1.54, 1.807) is 86.5 Å². The zero-order chi connectivity index (χ0) is 93.8. The second-order valence-corrected chi connectivity index (χ2v) is 34.1. The van der Waals surface area contributed by atoms with Gasteiger partial charge in [0.2, 0.25) is 0 Å². The quantitative estimate of drug-likeness (QED) is 0.0436. The van der Waals surface area contributed by atoms with Gasteiger partial charge < -0.3 is 61.9 Å². The molecule has 690 valence electrons. The number of ether oxygens (including phenoxy) is 1. The van der Waals surface area contributed by atoms with Crippen LogP contribution in [0.15, 0.2) is 267 Å². The van der Waals surface area contributed by atoms with E-state index in [0.29, 0.717) is 92.4 Å². The summed E-state index contributed by atoms with van der Waals surface area (Å²) < 4.78 is 133. The van der Waals surface area contributed by atoms with Crippen LogP contribution in [-0.2, 0) is 12.8 Å². The van der Waals surface area contributed by atoms with Crippen molar-refractivity contribution < 1.29 is 72.3 Å². The smallest absolute Gasteiger partial charge is 0.291 e. The van der Waals surface area contributed by atoms with E-state index in [1.165, 1.54) is 91.8 Å². The number of nitrogens with zero attached hydrogens (tertiary/aromatic N) is 8. The molecule has 0 bridgehead atoms. The van der Waals surface area contributed by atoms with E-state index in [2.05, 4.69) is 96.5 Å². The van der Waals surface area contributed by atoms with E-state index in [0.717, 1.165) is 165 Å². The van der Waals surface area contributed by atoms with Crippen molar-refractivity contribution in [3.8, 4) is 96.6 Å². The van der Waals surface area contributed by atoms with Gasteiger partial charge in [-0.3, -0.25) is 19.2 Å². The predicted molar refractivity (Wildman–Crippen MR) is 503 cm³/mol. The number of amides is 4. The van der Waals surface area contributed by atoms with Crippen molar-refractivity contribution in [2.45, 2.75) is 167 Å². The highest BCUT2D eigenvalue weighted by molar-refractivity contribution is 6.05. The maximum atomic E-state index is 13.9. The number of hydrogen-bond acceptors (Lipinski definition) is 13. The summed E-state index contributed by atoms with van der Waals surface area (Å²) in [6.07, 6.45) is 28.0. The van der Waals surface area contributed by atoms with Crippen LogP contribution in [0.5, 0.6) is 5.75 Å². The van der Waals surface area contributed by atoms with Crippen LogP contribution in [0.2, 0.25) is 0 Å². The Morgan fingerprint density at radius 1 is 0.333 bits per heavy atom. The molecule has 28 heteroatoms. The number of carbonyl (C=O) groups excluding carboxylic acids is 4. The largest absolute Gasteiger partial charge is 0.495 e. The fourth-order valence-electron chi connectivity index (χ4n) is 18.0. The van der Waals surface area contributed by atoms with Crippen molar-refractivity contribution in [2.24, 2.45) is 0 Å². The zero-order valence-electron chi connectivity index (χ0n) is 74.8. The van der Waals surface area contributed by atoms with Gasteiger partial charge in [-0.25, -0.2) is 50.7 Å². The van der Waals surface area contributed by atoms with Crippen LogP contribution in [0.25, 0.3) is 90.8 Å². The number of benzene rings is 8. The fraction of sp³-hybridized carbons (Fsp3) is 0.252. The number of aryl methyl sites for hydroxylation is 3. The van der Waals surface area contributed by atoms with E-state index < -0.39 is 35.1 Å². The molecule has 0 radical (unpaired) electrons. The van der Waals surface area contributed by atoms with E-state index in [-0.39, 0.29) is 70.0 Å². The minimum atomic E-state index is -0.881. The summed E-state index contributed by atoms with van der Waals surface area (Å²) in [5.41, 5.74) is 13.6. The lowest BCUT2D eigenvalue weighted by Gasteiger charge is -2.24. The number of imidazole rings is 4. The van der Waals surface area contributed by atoms with E-state index >= 15 is 0 Å². The number of nitrogens with one attached hydrogen (secondary N) is 4. The van der Waals surface area contributed by atoms with Crippen LogP contribution in [0, 0.1) is 47.6 Å². The second kappa shape index (κ2) is 41.8. The predicted octanol–water partition coefficient (Wildman–Crippen LogP) is 27.5. The lowest BCUT2D eigenvalue weighted by Crippen LogP contribution is -2.13. The second-order valence-electron chi connectivity index (χ2n) is 34.1. The molecule has 0 saturated heterocycles. The molecule has 4 aliphatic carbocycles. The Balaban J connectivity index is 0.000000125. The van der Waals surface area contributed by atoms with Crippen LogP contribution in [0.3, 0.4) is 0 Å². The number of furan rings is 4. The van der Waals surface area contributed by atoms with Crippen molar-refractivity contribution in [3.05, 3.63) is 330 Å². The molecule has 4 aliphatic rings. The summed E-state index contributed by atoms with van der Waals surface area (Å²) in [6, 6.07) is 60.6. The molecule has 4 N–H and O–H groups in total. The van der Waals surface area contributed by atoms with Gasteiger partial charge in [0.05, 0.1) is 72.3 Å². The molecule has 8 aromatic heterocycles. The van der Waals surface area contributed by atoms with Gasteiger partial charge in [0.25, 0.3) is 23.6 Å². The van der Waals surface area contributed by atoms with Crippen molar-refractivity contribution in [1.82, 2.24) is 38.2 Å². The summed E-state index contributed by atoms with van der Waals surface area (Å²) in [7, 11) is 1.57. The summed E-state index contributed by atoms with van der Waals surface area (Å²) in [6.45, 7) is 6.23. The third-order valence-corrected chi connectivity index (χ3v) is 25.1. The summed E-state index contributed by atoms with van der Waals surface area (Å²) in [4.78, 5) is 69.9. The third-order valence-electron chi connectivity index (χ3n) is 25.1. The lowest BCUT2D eigenvalue weighted by atomic mass is 9.95. The Labute approximate surface area is 774 Å². The first-order chi connectivity index (χ1) is 65.7. The monoisotopic (exact) mass is 1830 g/mol. The van der Waals surface area contributed by atoms with Gasteiger partial charge >= 0.3 is 0 Å². The van der Waals surface area contributed by atoms with Gasteiger partial charge in [0.15, 0.2) is 46.1 Å². The fourth-order valence-corrected chi connectivity index (χ4v) is 18.0. The Hall–Kier alpha value is -15.1. The number of anilines is 4. The molecule has 135 heavy (non-hydrogen) atoms. The number of hydrogen-bond donors (Lipinski definition) is 4. The number of aromatic nitrogens is 8. The van der Waals surface area contributed by atoms with E-state index in [4.69, 9.17) is 27.4 Å². The topological polar surface area (TPSA) is 249 Å². The summed E-state index contributed by atoms with van der Waals surface area (Å²) >= 11 is 0. The van der Waals surface area contributed by atoms with Crippen molar-refractivity contribution in [1.29, 1.82) is 0 Å². The molecule has 8 heterocycles. The van der Waals surface area contributed by atoms with Gasteiger partial charge in [-0.2, -0.15) is 0 Å². The molecule has 4 fully saturated rings. The Morgan fingerprint density at radius 3 is 1.04 bits per heavy atom. The first-order valence-electron chi connectivity index (χ1n) is 45.6. The Morgan fingerprint density at radius 2 is 0.667 bits per heavy atom. The molecule has 4 amide bonds. The van der Waals surface area contributed by atoms with E-state index in [9.17, 15) is 49.9 Å². The molecular weight excluding hydrogens is 1730 g/mol. The summed E-state index contributed by atoms with van der Waals surface area (Å²) in [5, 5.41) is 10.6. The molecule has 8 aromatic carbocycles. The van der Waals surface area contributed by atoms with Gasteiger partial charge in [-0.15, -0.1) is 0 Å². The van der Waals surface area contributed by atoms with Gasteiger partial charge in [-0.1, -0.05) is 120 Å². The first kappa shape index (κ1) is 91.8. The lowest BCUT2D eigenvalue weighted by molar-refractivity contribution is 0.0989. The van der Waals surface area contributed by atoms with Gasteiger partial charge in [-0.05, 0) is 252 Å². The highest BCUT2D eigenvalue weighted by Gasteiger charge is 2.33. The minimum Gasteiger partial charge on any atom is -0.495 e. The Bertz CT molecular complexity index is 6860. The van der Waals surface area contributed by atoms with Crippen molar-refractivity contribution in [3.63, 3.8) is 0 Å². The average molecular weight is 1830 g/mol. The molecule has 16 aromatic rings. The maximum Gasteiger partial charge on any atom is 0.291 e. The number of halogens is 7. The SMILES string of the molecule is CCc1ccc(OC)c(NC(=O)c2ccc(-c3c(-c4ccc(F)cc4)ncn3C3CCCC3)o2)c1.CCc1cccc(NC(=O)c2ccc(-c3c(-c4ccc(C)cc4)ncn3C3CCCCC3)o2)c1.O=C(Nc1cc(F)ccc1F)c1ccc(-c2c(-c3ccc(F)cc3)ncn2C2CCCC2)o1.O=C(Nc1ccc(F)cc1F)c1ccc(-c2c(-c3ccc(F)cc3)ncn2C2CCCC2)o1. The van der Waals surface area contributed by atoms with Crippen LogP contribution < -0.4 is 26.0 Å². The molecular formula is C107H99F7N12O9.